The highest BCUT2D eigenvalue weighted by atomic mass is 16.5. The Morgan fingerprint density at radius 3 is 2.46 bits per heavy atom. The van der Waals surface area contributed by atoms with Crippen molar-refractivity contribution in [1.29, 1.82) is 0 Å². The van der Waals surface area contributed by atoms with Crippen molar-refractivity contribution in [2.45, 2.75) is 24.9 Å². The van der Waals surface area contributed by atoms with E-state index in [0.29, 0.717) is 0 Å². The first-order valence-corrected chi connectivity index (χ1v) is 9.83. The number of carbonyl (C=O) groups excluding carboxylic acids is 1. The van der Waals surface area contributed by atoms with Gasteiger partial charge < -0.3 is 20.1 Å². The third-order valence-corrected chi connectivity index (χ3v) is 5.62. The number of ether oxygens (including phenoxy) is 2. The lowest BCUT2D eigenvalue weighted by Crippen LogP contribution is -2.66. The quantitative estimate of drug-likeness (QED) is 0.833. The molecule has 0 saturated carbocycles. The van der Waals surface area contributed by atoms with Gasteiger partial charge in [-0.25, -0.2) is 0 Å². The van der Waals surface area contributed by atoms with Crippen molar-refractivity contribution in [3.8, 4) is 17.2 Å². The van der Waals surface area contributed by atoms with Crippen molar-refractivity contribution in [2.24, 2.45) is 0 Å². The van der Waals surface area contributed by atoms with Gasteiger partial charge in [-0.15, -0.1) is 0 Å². The smallest absolute Gasteiger partial charge is 0.240 e. The van der Waals surface area contributed by atoms with Crippen molar-refractivity contribution in [3.63, 3.8) is 0 Å². The average molecular weight is 381 g/mol. The lowest BCUT2D eigenvalue weighted by molar-refractivity contribution is -0.131. The number of amides is 1. The van der Waals surface area contributed by atoms with Gasteiger partial charge in [0.1, 0.15) is 22.8 Å². The molecule has 0 radical (unpaired) electrons. The molecule has 4 rings (SSSR count). The van der Waals surface area contributed by atoms with Gasteiger partial charge in [0.2, 0.25) is 5.91 Å². The van der Waals surface area contributed by atoms with Gasteiger partial charge in [-0.1, -0.05) is 12.1 Å². The number of carbonyl (C=O) groups is 1. The second-order valence-corrected chi connectivity index (χ2v) is 7.47. The Balaban J connectivity index is 1.35. The van der Waals surface area contributed by atoms with Crippen LogP contribution in [-0.2, 0) is 11.3 Å². The molecule has 0 aliphatic carbocycles. The van der Waals surface area contributed by atoms with Gasteiger partial charge in [0.05, 0.1) is 7.11 Å². The molecule has 2 N–H and O–H groups in total. The average Bonchev–Trinajstić information content (AvgIpc) is 2.73. The lowest BCUT2D eigenvalue weighted by Gasteiger charge is -2.43. The number of methoxy groups -OCH3 is 1. The van der Waals surface area contributed by atoms with Crippen LogP contribution in [0.15, 0.2) is 48.5 Å². The summed E-state index contributed by atoms with van der Waals surface area (Å²) in [5.74, 6) is 2.58. The van der Waals surface area contributed by atoms with Crippen molar-refractivity contribution >= 4 is 5.91 Å². The highest BCUT2D eigenvalue weighted by molar-refractivity contribution is 5.87. The zero-order valence-electron chi connectivity index (χ0n) is 16.2. The van der Waals surface area contributed by atoms with E-state index in [9.17, 15) is 4.79 Å². The Kier molecular flexibility index (Phi) is 5.50. The summed E-state index contributed by atoms with van der Waals surface area (Å²) in [6, 6.07) is 15.8. The molecular formula is C22H27N3O3. The first kappa shape index (κ1) is 18.8. The fraction of sp³-hybridized carbons (Fsp3) is 0.409. The van der Waals surface area contributed by atoms with Crippen molar-refractivity contribution in [3.05, 3.63) is 54.1 Å². The zero-order chi connectivity index (χ0) is 19.4. The van der Waals surface area contributed by atoms with Crippen molar-refractivity contribution in [2.75, 3.05) is 33.3 Å². The van der Waals surface area contributed by atoms with E-state index in [1.54, 1.807) is 7.11 Å². The van der Waals surface area contributed by atoms with Crippen molar-refractivity contribution in [1.82, 2.24) is 15.5 Å². The molecule has 6 heteroatoms. The third kappa shape index (κ3) is 4.13. The van der Waals surface area contributed by atoms with E-state index < -0.39 is 0 Å². The third-order valence-electron chi connectivity index (χ3n) is 5.62. The number of hydrogen-bond acceptors (Lipinski definition) is 5. The number of piperazine rings is 1. The van der Waals surface area contributed by atoms with Crippen LogP contribution in [0.3, 0.4) is 0 Å². The second-order valence-electron chi connectivity index (χ2n) is 7.47. The summed E-state index contributed by atoms with van der Waals surface area (Å²) in [5.41, 5.74) is 0.844. The zero-order valence-corrected chi connectivity index (χ0v) is 16.2. The predicted octanol–water partition coefficient (Wildman–Crippen LogP) is 2.54. The Morgan fingerprint density at radius 2 is 1.75 bits per heavy atom. The van der Waals surface area contributed by atoms with Crippen LogP contribution in [0.4, 0.5) is 0 Å². The van der Waals surface area contributed by atoms with Crippen LogP contribution >= 0.6 is 0 Å². The van der Waals surface area contributed by atoms with Gasteiger partial charge in [-0.3, -0.25) is 9.69 Å². The standard InChI is InChI=1S/C22H27N3O3/c1-27-18-5-7-19(8-6-18)28-20-4-2-3-17(15-20)16-25-13-9-22(10-14-25)21(26)23-11-12-24-22/h2-8,15,24H,9-14,16H2,1H3,(H,23,26). The molecule has 0 bridgehead atoms. The summed E-state index contributed by atoms with van der Waals surface area (Å²) in [4.78, 5) is 14.7. The van der Waals surface area contributed by atoms with Crippen LogP contribution in [0.5, 0.6) is 17.2 Å². The van der Waals surface area contributed by atoms with E-state index in [1.807, 2.05) is 36.4 Å². The largest absolute Gasteiger partial charge is 0.497 e. The van der Waals surface area contributed by atoms with Crippen LogP contribution in [0.2, 0.25) is 0 Å². The van der Waals surface area contributed by atoms with Gasteiger partial charge in [-0.05, 0) is 54.8 Å². The van der Waals surface area contributed by atoms with E-state index in [0.717, 1.165) is 62.8 Å². The summed E-state index contributed by atoms with van der Waals surface area (Å²) in [5, 5.41) is 6.45. The molecule has 2 aliphatic rings. The van der Waals surface area contributed by atoms with Crippen LogP contribution in [0.25, 0.3) is 0 Å². The van der Waals surface area contributed by atoms with Gasteiger partial charge in [0.25, 0.3) is 0 Å². The highest BCUT2D eigenvalue weighted by Gasteiger charge is 2.42. The Labute approximate surface area is 165 Å². The molecule has 2 aromatic carbocycles. The first-order chi connectivity index (χ1) is 13.7. The van der Waals surface area contributed by atoms with E-state index in [2.05, 4.69) is 27.7 Å². The number of likely N-dealkylation sites (tertiary alicyclic amines) is 1. The minimum absolute atomic E-state index is 0.160. The molecule has 0 atom stereocenters. The molecule has 148 valence electrons. The van der Waals surface area contributed by atoms with Gasteiger partial charge >= 0.3 is 0 Å². The van der Waals surface area contributed by atoms with E-state index in [-0.39, 0.29) is 11.4 Å². The molecule has 6 nitrogen and oxygen atoms in total. The molecule has 0 aromatic heterocycles. The SMILES string of the molecule is COc1ccc(Oc2cccc(CN3CCC4(CC3)NCCNC4=O)c2)cc1. The summed E-state index contributed by atoms with van der Waals surface area (Å²) in [6.45, 7) is 4.26. The lowest BCUT2D eigenvalue weighted by atomic mass is 9.85. The highest BCUT2D eigenvalue weighted by Crippen LogP contribution is 2.27. The fourth-order valence-electron chi connectivity index (χ4n) is 3.97. The monoisotopic (exact) mass is 381 g/mol. The molecule has 2 fully saturated rings. The van der Waals surface area contributed by atoms with E-state index in [4.69, 9.17) is 9.47 Å². The minimum Gasteiger partial charge on any atom is -0.497 e. The maximum absolute atomic E-state index is 12.3. The van der Waals surface area contributed by atoms with E-state index in [1.165, 1.54) is 5.56 Å². The number of benzene rings is 2. The van der Waals surface area contributed by atoms with Gasteiger partial charge in [0.15, 0.2) is 0 Å². The molecule has 2 saturated heterocycles. The minimum atomic E-state index is -0.367. The normalized spacial score (nSPS) is 19.2. The van der Waals surface area contributed by atoms with Crippen molar-refractivity contribution < 1.29 is 14.3 Å². The van der Waals surface area contributed by atoms with Crippen LogP contribution in [0.1, 0.15) is 18.4 Å². The molecule has 1 spiro atoms. The summed E-state index contributed by atoms with van der Waals surface area (Å²) in [6.07, 6.45) is 1.70. The number of nitrogens with zero attached hydrogens (tertiary/aromatic N) is 1. The van der Waals surface area contributed by atoms with Crippen LogP contribution < -0.4 is 20.1 Å². The predicted molar refractivity (Wildman–Crippen MR) is 108 cm³/mol. The molecule has 1 amide bonds. The summed E-state index contributed by atoms with van der Waals surface area (Å²) in [7, 11) is 1.65. The number of hydrogen-bond donors (Lipinski definition) is 2. The summed E-state index contributed by atoms with van der Waals surface area (Å²) >= 11 is 0. The molecule has 2 aliphatic heterocycles. The number of rotatable bonds is 5. The molecule has 2 aromatic rings. The maximum atomic E-state index is 12.3. The summed E-state index contributed by atoms with van der Waals surface area (Å²) < 4.78 is 11.2. The second kappa shape index (κ2) is 8.20. The molecule has 2 heterocycles. The fourth-order valence-corrected chi connectivity index (χ4v) is 3.97. The van der Waals surface area contributed by atoms with Gasteiger partial charge in [-0.2, -0.15) is 0 Å². The molecule has 28 heavy (non-hydrogen) atoms. The molecule has 0 unspecified atom stereocenters. The van der Waals surface area contributed by atoms with Gasteiger partial charge in [0, 0.05) is 32.7 Å². The number of nitrogens with one attached hydrogen (secondary N) is 2. The Bertz CT molecular complexity index is 814. The Hall–Kier alpha value is -2.57. The van der Waals surface area contributed by atoms with Crippen LogP contribution in [-0.4, -0.2) is 49.6 Å². The first-order valence-electron chi connectivity index (χ1n) is 9.83. The maximum Gasteiger partial charge on any atom is 0.240 e. The topological polar surface area (TPSA) is 62.8 Å². The number of piperidine rings is 1. The van der Waals surface area contributed by atoms with E-state index >= 15 is 0 Å². The Morgan fingerprint density at radius 1 is 1.00 bits per heavy atom. The molecular weight excluding hydrogens is 354 g/mol. The van der Waals surface area contributed by atoms with Crippen LogP contribution in [0, 0.1) is 0 Å².